The minimum absolute atomic E-state index is 0.0920. The number of alkyl halides is 3. The first kappa shape index (κ1) is 20.6. The highest BCUT2D eigenvalue weighted by atomic mass is 19.4. The summed E-state index contributed by atoms with van der Waals surface area (Å²) in [6.07, 6.45) is -4.27. The summed E-state index contributed by atoms with van der Waals surface area (Å²) in [5, 5.41) is 2.78. The second-order valence-electron chi connectivity index (χ2n) is 6.52. The summed E-state index contributed by atoms with van der Waals surface area (Å²) < 4.78 is 43.3. The van der Waals surface area contributed by atoms with Gasteiger partial charge in [-0.1, -0.05) is 24.3 Å². The number of hydrogen-bond acceptors (Lipinski definition) is 2. The van der Waals surface area contributed by atoms with Crippen molar-refractivity contribution in [2.24, 2.45) is 0 Å². The third-order valence-electron chi connectivity index (χ3n) is 3.79. The molecule has 0 fully saturated rings. The van der Waals surface area contributed by atoms with Gasteiger partial charge >= 0.3 is 12.2 Å². The minimum Gasteiger partial charge on any atom is -0.491 e. The second-order valence-corrected chi connectivity index (χ2v) is 6.52. The molecule has 2 aromatic rings. The lowest BCUT2D eigenvalue weighted by Crippen LogP contribution is -2.36. The summed E-state index contributed by atoms with van der Waals surface area (Å²) in [6, 6.07) is 11.9. The van der Waals surface area contributed by atoms with Crippen molar-refractivity contribution in [2.45, 2.75) is 39.2 Å². The maximum Gasteiger partial charge on any atom is 0.416 e. The molecule has 146 valence electrons. The average molecular weight is 380 g/mol. The van der Waals surface area contributed by atoms with Gasteiger partial charge in [-0.05, 0) is 49.2 Å². The number of hydrogen-bond donors (Lipinski definition) is 1. The number of urea groups is 1. The number of amides is 2. The van der Waals surface area contributed by atoms with E-state index in [1.807, 2.05) is 38.1 Å². The molecule has 0 unspecified atom stereocenters. The maximum atomic E-state index is 12.6. The van der Waals surface area contributed by atoms with E-state index in [0.717, 1.165) is 23.4 Å². The van der Waals surface area contributed by atoms with Gasteiger partial charge in [-0.2, -0.15) is 13.2 Å². The molecule has 2 aromatic carbocycles. The Balaban J connectivity index is 1.85. The Morgan fingerprint density at radius 3 is 2.11 bits per heavy atom. The summed E-state index contributed by atoms with van der Waals surface area (Å²) in [5.41, 5.74) is 0.835. The first-order chi connectivity index (χ1) is 12.6. The molecule has 27 heavy (non-hydrogen) atoms. The highest BCUT2D eigenvalue weighted by molar-refractivity contribution is 5.73. The lowest BCUT2D eigenvalue weighted by Gasteiger charge is -2.18. The number of nitrogens with one attached hydrogen (secondary N) is 1. The van der Waals surface area contributed by atoms with Crippen LogP contribution in [0, 0.1) is 0 Å². The molecule has 7 heteroatoms. The van der Waals surface area contributed by atoms with Crippen LogP contribution in [0.15, 0.2) is 48.5 Å². The molecule has 2 rings (SSSR count). The Kier molecular flexibility index (Phi) is 6.71. The monoisotopic (exact) mass is 380 g/mol. The Hall–Kier alpha value is -2.70. The largest absolute Gasteiger partial charge is 0.491 e. The van der Waals surface area contributed by atoms with Crippen molar-refractivity contribution >= 4 is 6.03 Å². The molecule has 0 aliphatic rings. The van der Waals surface area contributed by atoms with Gasteiger partial charge in [0.25, 0.3) is 0 Å². The van der Waals surface area contributed by atoms with Crippen LogP contribution in [0.25, 0.3) is 0 Å². The summed E-state index contributed by atoms with van der Waals surface area (Å²) in [6.45, 7) is 4.45. The Bertz CT molecular complexity index is 741. The molecule has 0 heterocycles. The van der Waals surface area contributed by atoms with Crippen LogP contribution >= 0.6 is 0 Å². The van der Waals surface area contributed by atoms with Gasteiger partial charge < -0.3 is 15.0 Å². The van der Waals surface area contributed by atoms with Gasteiger partial charge in [0.15, 0.2) is 0 Å². The molecule has 0 spiro atoms. The summed E-state index contributed by atoms with van der Waals surface area (Å²) in [7, 11) is 1.59. The van der Waals surface area contributed by atoms with Crippen LogP contribution in [0.5, 0.6) is 5.75 Å². The molecule has 0 aliphatic carbocycles. The fraction of sp³-hybridized carbons (Fsp3) is 0.350. The predicted octanol–water partition coefficient (Wildman–Crippen LogP) is 4.83. The van der Waals surface area contributed by atoms with Crippen LogP contribution < -0.4 is 10.1 Å². The standard InChI is InChI=1S/C20H23F3N2O2/c1-14(2)27-18-10-6-15(7-11-18)12-24-19(26)25(3)13-16-4-8-17(9-5-16)20(21,22)23/h4-11,14H,12-13H2,1-3H3,(H,24,26). The van der Waals surface area contributed by atoms with Crippen LogP contribution in [0.3, 0.4) is 0 Å². The number of ether oxygens (including phenoxy) is 1. The summed E-state index contributed by atoms with van der Waals surface area (Å²) >= 11 is 0. The number of benzene rings is 2. The molecule has 0 aliphatic heterocycles. The number of rotatable bonds is 6. The first-order valence-electron chi connectivity index (χ1n) is 8.56. The van der Waals surface area contributed by atoms with E-state index in [4.69, 9.17) is 4.74 Å². The van der Waals surface area contributed by atoms with Crippen LogP contribution in [0.1, 0.15) is 30.5 Å². The lowest BCUT2D eigenvalue weighted by molar-refractivity contribution is -0.137. The number of halogens is 3. The van der Waals surface area contributed by atoms with Crippen molar-refractivity contribution in [3.63, 3.8) is 0 Å². The fourth-order valence-corrected chi connectivity index (χ4v) is 2.42. The molecule has 4 nitrogen and oxygen atoms in total. The molecule has 1 N–H and O–H groups in total. The molecule has 0 bridgehead atoms. The van der Waals surface area contributed by atoms with Crippen molar-refractivity contribution in [1.82, 2.24) is 10.2 Å². The van der Waals surface area contributed by atoms with Gasteiger partial charge in [0.2, 0.25) is 0 Å². The van der Waals surface area contributed by atoms with E-state index in [-0.39, 0.29) is 18.7 Å². The van der Waals surface area contributed by atoms with Gasteiger partial charge in [0.05, 0.1) is 11.7 Å². The second kappa shape index (κ2) is 8.79. The first-order valence-corrected chi connectivity index (χ1v) is 8.56. The number of nitrogens with zero attached hydrogens (tertiary/aromatic N) is 1. The molecule has 0 atom stereocenters. The van der Waals surface area contributed by atoms with Crippen molar-refractivity contribution in [3.05, 3.63) is 65.2 Å². The average Bonchev–Trinajstić information content (AvgIpc) is 2.60. The number of carbonyl (C=O) groups excluding carboxylic acids is 1. The van der Waals surface area contributed by atoms with E-state index < -0.39 is 11.7 Å². The van der Waals surface area contributed by atoms with Crippen molar-refractivity contribution in [1.29, 1.82) is 0 Å². The normalized spacial score (nSPS) is 11.4. The summed E-state index contributed by atoms with van der Waals surface area (Å²) in [5.74, 6) is 0.763. The SMILES string of the molecule is CC(C)Oc1ccc(CNC(=O)N(C)Cc2ccc(C(F)(F)F)cc2)cc1. The van der Waals surface area contributed by atoms with E-state index in [9.17, 15) is 18.0 Å². The Morgan fingerprint density at radius 1 is 1.04 bits per heavy atom. The predicted molar refractivity (Wildman–Crippen MR) is 97.4 cm³/mol. The molecule has 0 saturated heterocycles. The molecular formula is C20H23F3N2O2. The van der Waals surface area contributed by atoms with E-state index >= 15 is 0 Å². The highest BCUT2D eigenvalue weighted by Gasteiger charge is 2.29. The molecule has 0 radical (unpaired) electrons. The maximum absolute atomic E-state index is 12.6. The summed E-state index contributed by atoms with van der Waals surface area (Å²) in [4.78, 5) is 13.6. The highest BCUT2D eigenvalue weighted by Crippen LogP contribution is 2.29. The van der Waals surface area contributed by atoms with Crippen molar-refractivity contribution < 1.29 is 22.7 Å². The van der Waals surface area contributed by atoms with Gasteiger partial charge in [0.1, 0.15) is 5.75 Å². The Labute approximate surface area is 156 Å². The van der Waals surface area contributed by atoms with Crippen molar-refractivity contribution in [2.75, 3.05) is 7.05 Å². The third kappa shape index (κ3) is 6.51. The van der Waals surface area contributed by atoms with Crippen LogP contribution in [0.4, 0.5) is 18.0 Å². The zero-order valence-corrected chi connectivity index (χ0v) is 15.5. The van der Waals surface area contributed by atoms with E-state index in [0.29, 0.717) is 12.1 Å². The van der Waals surface area contributed by atoms with E-state index in [2.05, 4.69) is 5.32 Å². The van der Waals surface area contributed by atoms with Crippen LogP contribution in [0.2, 0.25) is 0 Å². The van der Waals surface area contributed by atoms with Gasteiger partial charge in [0, 0.05) is 20.1 Å². The zero-order valence-electron chi connectivity index (χ0n) is 15.5. The van der Waals surface area contributed by atoms with Crippen LogP contribution in [-0.2, 0) is 19.3 Å². The quantitative estimate of drug-likeness (QED) is 0.780. The topological polar surface area (TPSA) is 41.6 Å². The molecule has 0 aromatic heterocycles. The van der Waals surface area contributed by atoms with E-state index in [1.165, 1.54) is 17.0 Å². The number of carbonyl (C=O) groups is 1. The van der Waals surface area contributed by atoms with Gasteiger partial charge in [-0.15, -0.1) is 0 Å². The Morgan fingerprint density at radius 2 is 1.59 bits per heavy atom. The molecule has 2 amide bonds. The van der Waals surface area contributed by atoms with Crippen LogP contribution in [-0.4, -0.2) is 24.1 Å². The minimum atomic E-state index is -4.36. The van der Waals surface area contributed by atoms with Crippen molar-refractivity contribution in [3.8, 4) is 5.75 Å². The molecular weight excluding hydrogens is 357 g/mol. The molecule has 0 saturated carbocycles. The third-order valence-corrected chi connectivity index (χ3v) is 3.79. The fourth-order valence-electron chi connectivity index (χ4n) is 2.42. The zero-order chi connectivity index (χ0) is 20.0. The van der Waals surface area contributed by atoms with Gasteiger partial charge in [-0.3, -0.25) is 0 Å². The van der Waals surface area contributed by atoms with E-state index in [1.54, 1.807) is 7.05 Å². The smallest absolute Gasteiger partial charge is 0.416 e. The lowest BCUT2D eigenvalue weighted by atomic mass is 10.1. The van der Waals surface area contributed by atoms with Gasteiger partial charge in [-0.25, -0.2) is 4.79 Å².